The minimum Gasteiger partial charge on any atom is -0.392 e. The molecule has 0 aliphatic carbocycles. The second-order valence-electron chi connectivity index (χ2n) is 4.69. The molecule has 0 aromatic rings. The second-order valence-corrected chi connectivity index (χ2v) is 4.69. The van der Waals surface area contributed by atoms with Crippen LogP contribution in [0.15, 0.2) is 0 Å². The highest BCUT2D eigenvalue weighted by Crippen LogP contribution is 2.10. The van der Waals surface area contributed by atoms with Gasteiger partial charge >= 0.3 is 0 Å². The molecule has 0 radical (unpaired) electrons. The van der Waals surface area contributed by atoms with Gasteiger partial charge in [0.25, 0.3) is 0 Å². The van der Waals surface area contributed by atoms with Gasteiger partial charge in [-0.1, -0.05) is 27.2 Å². The number of β-amino-alcohol motifs (C(OH)–C–C–N with tert-alkyl or cyclic N) is 1. The Morgan fingerprint density at radius 3 is 2.07 bits per heavy atom. The van der Waals surface area contributed by atoms with Gasteiger partial charge in [-0.15, -0.1) is 0 Å². The predicted molar refractivity (Wildman–Crippen MR) is 64.0 cm³/mol. The average molecular weight is 214 g/mol. The Morgan fingerprint density at radius 2 is 1.60 bits per heavy atom. The maximum absolute atomic E-state index is 9.94. The van der Waals surface area contributed by atoms with Crippen molar-refractivity contribution in [3.05, 3.63) is 0 Å². The molecule has 1 rings (SSSR count). The van der Waals surface area contributed by atoms with E-state index in [1.54, 1.807) is 0 Å². The molecule has 1 fully saturated rings. The molecule has 1 N–H and O–H groups in total. The van der Waals surface area contributed by atoms with Crippen LogP contribution in [0.5, 0.6) is 0 Å². The van der Waals surface area contributed by atoms with Crippen molar-refractivity contribution in [2.24, 2.45) is 5.92 Å². The molecule has 15 heavy (non-hydrogen) atoms. The maximum Gasteiger partial charge on any atom is 0.0692 e. The first kappa shape index (κ1) is 12.9. The zero-order chi connectivity index (χ0) is 11.3. The minimum atomic E-state index is -0.150. The van der Waals surface area contributed by atoms with Crippen LogP contribution in [0, 0.1) is 5.92 Å². The molecule has 1 saturated heterocycles. The first-order valence-corrected chi connectivity index (χ1v) is 6.30. The smallest absolute Gasteiger partial charge is 0.0692 e. The lowest BCUT2D eigenvalue weighted by molar-refractivity contribution is 0.0455. The van der Waals surface area contributed by atoms with Crippen LogP contribution in [0.4, 0.5) is 0 Å². The van der Waals surface area contributed by atoms with E-state index in [0.29, 0.717) is 5.92 Å². The summed E-state index contributed by atoms with van der Waals surface area (Å²) in [5.74, 6) is 0.425. The Bertz CT molecular complexity index is 167. The summed E-state index contributed by atoms with van der Waals surface area (Å²) in [6.45, 7) is 13.0. The summed E-state index contributed by atoms with van der Waals surface area (Å²) in [5.41, 5.74) is 0. The van der Waals surface area contributed by atoms with Crippen molar-refractivity contribution in [2.45, 2.75) is 33.3 Å². The van der Waals surface area contributed by atoms with Crippen molar-refractivity contribution in [2.75, 3.05) is 39.3 Å². The number of aliphatic hydroxyl groups is 1. The Balaban J connectivity index is 2.23. The first-order chi connectivity index (χ1) is 7.17. The molecule has 2 unspecified atom stereocenters. The van der Waals surface area contributed by atoms with Gasteiger partial charge in [-0.2, -0.15) is 0 Å². The molecule has 90 valence electrons. The molecular weight excluding hydrogens is 188 g/mol. The van der Waals surface area contributed by atoms with E-state index in [4.69, 9.17) is 0 Å². The van der Waals surface area contributed by atoms with E-state index in [1.165, 1.54) is 0 Å². The van der Waals surface area contributed by atoms with Gasteiger partial charge in [-0.05, 0) is 12.5 Å². The van der Waals surface area contributed by atoms with E-state index in [-0.39, 0.29) is 6.10 Å². The van der Waals surface area contributed by atoms with Gasteiger partial charge in [-0.3, -0.25) is 4.90 Å². The zero-order valence-corrected chi connectivity index (χ0v) is 10.4. The van der Waals surface area contributed by atoms with E-state index in [1.807, 2.05) is 0 Å². The van der Waals surface area contributed by atoms with Gasteiger partial charge in [0.1, 0.15) is 0 Å². The van der Waals surface area contributed by atoms with Crippen LogP contribution in [-0.2, 0) is 0 Å². The molecule has 0 aromatic carbocycles. The first-order valence-electron chi connectivity index (χ1n) is 6.30. The number of piperazine rings is 1. The van der Waals surface area contributed by atoms with Gasteiger partial charge in [0.15, 0.2) is 0 Å². The van der Waals surface area contributed by atoms with E-state index in [2.05, 4.69) is 30.6 Å². The molecule has 3 heteroatoms. The standard InChI is InChI=1S/C12H26N2O/c1-4-11(3)12(15)10-14-8-6-13(5-2)7-9-14/h11-12,15H,4-10H2,1-3H3. The molecule has 1 aliphatic rings. The van der Waals surface area contributed by atoms with Gasteiger partial charge in [-0.25, -0.2) is 0 Å². The molecule has 0 spiro atoms. The lowest BCUT2D eigenvalue weighted by Crippen LogP contribution is -2.49. The third kappa shape index (κ3) is 4.09. The number of aliphatic hydroxyl groups excluding tert-OH is 1. The summed E-state index contributed by atoms with van der Waals surface area (Å²) in [6, 6.07) is 0. The van der Waals surface area contributed by atoms with Crippen LogP contribution in [0.25, 0.3) is 0 Å². The summed E-state index contributed by atoms with van der Waals surface area (Å²) in [7, 11) is 0. The second kappa shape index (κ2) is 6.46. The Morgan fingerprint density at radius 1 is 1.07 bits per heavy atom. The minimum absolute atomic E-state index is 0.150. The van der Waals surface area contributed by atoms with E-state index >= 15 is 0 Å². The summed E-state index contributed by atoms with van der Waals surface area (Å²) in [4.78, 5) is 4.86. The van der Waals surface area contributed by atoms with Crippen molar-refractivity contribution in [1.29, 1.82) is 0 Å². The van der Waals surface area contributed by atoms with E-state index in [9.17, 15) is 5.11 Å². The highest BCUT2D eigenvalue weighted by molar-refractivity contribution is 4.75. The van der Waals surface area contributed by atoms with Gasteiger partial charge in [0.2, 0.25) is 0 Å². The van der Waals surface area contributed by atoms with Gasteiger partial charge in [0.05, 0.1) is 6.10 Å². The van der Waals surface area contributed by atoms with Crippen LogP contribution >= 0.6 is 0 Å². The molecule has 3 nitrogen and oxygen atoms in total. The SMILES string of the molecule is CCC(C)C(O)CN1CCN(CC)CC1. The van der Waals surface area contributed by atoms with Gasteiger partial charge < -0.3 is 10.0 Å². The van der Waals surface area contributed by atoms with E-state index < -0.39 is 0 Å². The topological polar surface area (TPSA) is 26.7 Å². The molecule has 2 atom stereocenters. The normalized spacial score (nSPS) is 24.0. The lowest BCUT2D eigenvalue weighted by atomic mass is 10.0. The number of hydrogen-bond donors (Lipinski definition) is 1. The Labute approximate surface area is 94.1 Å². The quantitative estimate of drug-likeness (QED) is 0.740. The third-order valence-corrected chi connectivity index (χ3v) is 3.66. The number of nitrogens with zero attached hydrogens (tertiary/aromatic N) is 2. The fourth-order valence-electron chi connectivity index (χ4n) is 2.00. The van der Waals surface area contributed by atoms with Crippen LogP contribution in [0.3, 0.4) is 0 Å². The number of likely N-dealkylation sites (N-methyl/N-ethyl adjacent to an activating group) is 1. The van der Waals surface area contributed by atoms with Crippen LogP contribution in [-0.4, -0.2) is 60.3 Å². The predicted octanol–water partition coefficient (Wildman–Crippen LogP) is 1.03. The lowest BCUT2D eigenvalue weighted by Gasteiger charge is -2.35. The van der Waals surface area contributed by atoms with Crippen molar-refractivity contribution in [1.82, 2.24) is 9.80 Å². The molecule has 0 aromatic heterocycles. The average Bonchev–Trinajstić information content (AvgIpc) is 2.29. The fraction of sp³-hybridized carbons (Fsp3) is 1.00. The monoisotopic (exact) mass is 214 g/mol. The molecule has 0 saturated carbocycles. The zero-order valence-electron chi connectivity index (χ0n) is 10.4. The van der Waals surface area contributed by atoms with Crippen molar-refractivity contribution >= 4 is 0 Å². The molecule has 0 bridgehead atoms. The summed E-state index contributed by atoms with van der Waals surface area (Å²) < 4.78 is 0. The highest BCUT2D eigenvalue weighted by Gasteiger charge is 2.20. The maximum atomic E-state index is 9.94. The van der Waals surface area contributed by atoms with Crippen LogP contribution < -0.4 is 0 Å². The summed E-state index contributed by atoms with van der Waals surface area (Å²) in [5, 5.41) is 9.94. The van der Waals surface area contributed by atoms with Crippen LogP contribution in [0.1, 0.15) is 27.2 Å². The summed E-state index contributed by atoms with van der Waals surface area (Å²) >= 11 is 0. The van der Waals surface area contributed by atoms with Crippen LogP contribution in [0.2, 0.25) is 0 Å². The fourth-order valence-corrected chi connectivity index (χ4v) is 2.00. The van der Waals surface area contributed by atoms with Crippen molar-refractivity contribution in [3.8, 4) is 0 Å². The third-order valence-electron chi connectivity index (χ3n) is 3.66. The molecule has 0 amide bonds. The Kier molecular flexibility index (Phi) is 5.58. The molecule has 1 heterocycles. The number of rotatable bonds is 5. The summed E-state index contributed by atoms with van der Waals surface area (Å²) in [6.07, 6.45) is 0.916. The molecule has 1 aliphatic heterocycles. The Hall–Kier alpha value is -0.120. The van der Waals surface area contributed by atoms with Gasteiger partial charge in [0, 0.05) is 32.7 Å². The van der Waals surface area contributed by atoms with Crippen molar-refractivity contribution < 1.29 is 5.11 Å². The highest BCUT2D eigenvalue weighted by atomic mass is 16.3. The van der Waals surface area contributed by atoms with Crippen molar-refractivity contribution in [3.63, 3.8) is 0 Å². The molecular formula is C12H26N2O. The largest absolute Gasteiger partial charge is 0.392 e. The number of hydrogen-bond acceptors (Lipinski definition) is 3. The van der Waals surface area contributed by atoms with E-state index in [0.717, 1.165) is 45.7 Å².